The Kier molecular flexibility index (Phi) is 3.09. The van der Waals surface area contributed by atoms with E-state index >= 15 is 0 Å². The molecule has 4 nitrogen and oxygen atoms in total. The molecular formula is C11H12O4. The van der Waals surface area contributed by atoms with E-state index in [1.807, 2.05) is 0 Å². The van der Waals surface area contributed by atoms with Gasteiger partial charge in [0.2, 0.25) is 23.1 Å². The molecule has 0 spiro atoms. The number of methoxy groups -OCH3 is 2. The minimum atomic E-state index is -0.374. The molecule has 15 heavy (non-hydrogen) atoms. The predicted molar refractivity (Wildman–Crippen MR) is 54.0 cm³/mol. The molecule has 0 bridgehead atoms. The molecule has 0 aliphatic heterocycles. The van der Waals surface area contributed by atoms with Crippen molar-refractivity contribution in [2.45, 2.75) is 6.92 Å². The minimum Gasteiger partial charge on any atom is -0.489 e. The van der Waals surface area contributed by atoms with Crippen LogP contribution in [0.25, 0.3) is 0 Å². The van der Waals surface area contributed by atoms with Crippen LogP contribution in [0.2, 0.25) is 0 Å². The van der Waals surface area contributed by atoms with Gasteiger partial charge in [-0.3, -0.25) is 9.59 Å². The summed E-state index contributed by atoms with van der Waals surface area (Å²) in [4.78, 5) is 23.5. The van der Waals surface area contributed by atoms with Crippen molar-refractivity contribution in [1.82, 2.24) is 0 Å². The second-order valence-electron chi connectivity index (χ2n) is 2.97. The van der Waals surface area contributed by atoms with E-state index in [0.29, 0.717) is 5.57 Å². The fraction of sp³-hybridized carbons (Fsp3) is 0.273. The summed E-state index contributed by atoms with van der Waals surface area (Å²) in [5, 5.41) is 0. The SMILES string of the molecule is C=CC1=C(C)C(=O)C(OC)=C(OC)C1=O. The monoisotopic (exact) mass is 208 g/mol. The molecule has 1 aliphatic carbocycles. The fourth-order valence-electron chi connectivity index (χ4n) is 1.41. The van der Waals surface area contributed by atoms with Gasteiger partial charge < -0.3 is 9.47 Å². The summed E-state index contributed by atoms with van der Waals surface area (Å²) in [6.07, 6.45) is 1.35. The topological polar surface area (TPSA) is 52.6 Å². The molecule has 0 unspecified atom stereocenters. The van der Waals surface area contributed by atoms with Gasteiger partial charge >= 0.3 is 0 Å². The molecule has 0 atom stereocenters. The van der Waals surface area contributed by atoms with E-state index in [4.69, 9.17) is 9.47 Å². The zero-order valence-corrected chi connectivity index (χ0v) is 8.92. The number of ketones is 2. The van der Waals surface area contributed by atoms with Gasteiger partial charge in [-0.1, -0.05) is 12.7 Å². The molecule has 0 aromatic rings. The highest BCUT2D eigenvalue weighted by Crippen LogP contribution is 2.25. The predicted octanol–water partition coefficient (Wildman–Crippen LogP) is 1.15. The van der Waals surface area contributed by atoms with E-state index in [2.05, 4.69) is 6.58 Å². The first-order chi connectivity index (χ1) is 7.08. The summed E-state index contributed by atoms with van der Waals surface area (Å²) < 4.78 is 9.72. The Bertz CT molecular complexity index is 399. The molecule has 0 heterocycles. The van der Waals surface area contributed by atoms with Crippen molar-refractivity contribution in [3.05, 3.63) is 35.3 Å². The number of carbonyl (C=O) groups excluding carboxylic acids is 2. The lowest BCUT2D eigenvalue weighted by Gasteiger charge is -2.18. The highest BCUT2D eigenvalue weighted by molar-refractivity contribution is 6.24. The first-order valence-corrected chi connectivity index (χ1v) is 4.33. The van der Waals surface area contributed by atoms with Crippen LogP contribution in [0.1, 0.15) is 6.92 Å². The molecule has 0 saturated heterocycles. The first-order valence-electron chi connectivity index (χ1n) is 4.33. The average molecular weight is 208 g/mol. The van der Waals surface area contributed by atoms with Crippen molar-refractivity contribution in [3.8, 4) is 0 Å². The Labute approximate surface area is 87.9 Å². The number of hydrogen-bond donors (Lipinski definition) is 0. The third-order valence-corrected chi connectivity index (χ3v) is 2.22. The van der Waals surface area contributed by atoms with Gasteiger partial charge in [0.25, 0.3) is 0 Å². The van der Waals surface area contributed by atoms with Crippen LogP contribution in [0.4, 0.5) is 0 Å². The van der Waals surface area contributed by atoms with Crippen LogP contribution in [0.3, 0.4) is 0 Å². The van der Waals surface area contributed by atoms with Crippen LogP contribution in [0.5, 0.6) is 0 Å². The number of rotatable bonds is 3. The van der Waals surface area contributed by atoms with Crippen LogP contribution < -0.4 is 0 Å². The van der Waals surface area contributed by atoms with Crippen LogP contribution in [-0.4, -0.2) is 25.8 Å². The first kappa shape index (κ1) is 11.2. The third kappa shape index (κ3) is 1.58. The van der Waals surface area contributed by atoms with E-state index < -0.39 is 0 Å². The van der Waals surface area contributed by atoms with E-state index in [0.717, 1.165) is 0 Å². The Morgan fingerprint density at radius 2 is 1.53 bits per heavy atom. The molecule has 4 heteroatoms. The molecule has 0 N–H and O–H groups in total. The highest BCUT2D eigenvalue weighted by atomic mass is 16.5. The smallest absolute Gasteiger partial charge is 0.231 e. The molecule has 1 aliphatic rings. The molecule has 1 rings (SSSR count). The Balaban J connectivity index is 3.37. The second kappa shape index (κ2) is 4.13. The van der Waals surface area contributed by atoms with Gasteiger partial charge in [-0.15, -0.1) is 0 Å². The van der Waals surface area contributed by atoms with Crippen LogP contribution in [0.15, 0.2) is 35.3 Å². The summed E-state index contributed by atoms with van der Waals surface area (Å²) in [5.41, 5.74) is 0.588. The highest BCUT2D eigenvalue weighted by Gasteiger charge is 2.33. The molecule has 0 fully saturated rings. The molecule has 0 amide bonds. The molecular weight excluding hydrogens is 196 g/mol. The Morgan fingerprint density at radius 1 is 1.07 bits per heavy atom. The molecule has 80 valence electrons. The summed E-state index contributed by atoms with van der Waals surface area (Å²) in [6.45, 7) is 5.05. The van der Waals surface area contributed by atoms with Gasteiger partial charge in [0.05, 0.1) is 14.2 Å². The fourth-order valence-corrected chi connectivity index (χ4v) is 1.41. The van der Waals surface area contributed by atoms with Gasteiger partial charge in [-0.25, -0.2) is 0 Å². The van der Waals surface area contributed by atoms with E-state index in [9.17, 15) is 9.59 Å². The number of ether oxygens (including phenoxy) is 2. The number of Topliss-reactive ketones (excluding diaryl/α,β-unsaturated/α-hetero) is 2. The third-order valence-electron chi connectivity index (χ3n) is 2.22. The molecule has 0 radical (unpaired) electrons. The second-order valence-corrected chi connectivity index (χ2v) is 2.97. The van der Waals surface area contributed by atoms with Gasteiger partial charge in [0, 0.05) is 11.1 Å². The maximum absolute atomic E-state index is 11.8. The average Bonchev–Trinajstić information content (AvgIpc) is 2.23. The molecule has 0 aromatic heterocycles. The van der Waals surface area contributed by atoms with Crippen molar-refractivity contribution in [2.75, 3.05) is 14.2 Å². The lowest BCUT2D eigenvalue weighted by molar-refractivity contribution is -0.120. The number of hydrogen-bond acceptors (Lipinski definition) is 4. The van der Waals surface area contributed by atoms with Crippen molar-refractivity contribution in [2.24, 2.45) is 0 Å². The largest absolute Gasteiger partial charge is 0.489 e. The zero-order chi connectivity index (χ0) is 11.6. The van der Waals surface area contributed by atoms with Crippen LogP contribution >= 0.6 is 0 Å². The number of carbonyl (C=O) groups is 2. The van der Waals surface area contributed by atoms with E-state index in [-0.39, 0.29) is 28.7 Å². The van der Waals surface area contributed by atoms with Crippen molar-refractivity contribution in [3.63, 3.8) is 0 Å². The van der Waals surface area contributed by atoms with Gasteiger partial charge in [-0.05, 0) is 6.92 Å². The van der Waals surface area contributed by atoms with Crippen molar-refractivity contribution >= 4 is 11.6 Å². The summed E-state index contributed by atoms with van der Waals surface area (Å²) in [6, 6.07) is 0. The maximum Gasteiger partial charge on any atom is 0.231 e. The van der Waals surface area contributed by atoms with Crippen LogP contribution in [-0.2, 0) is 19.1 Å². The summed E-state index contributed by atoms with van der Waals surface area (Å²) in [7, 11) is 2.65. The normalized spacial score (nSPS) is 17.0. The molecule has 0 saturated carbocycles. The van der Waals surface area contributed by atoms with Gasteiger partial charge in [-0.2, -0.15) is 0 Å². The summed E-state index contributed by atoms with van der Waals surface area (Å²) >= 11 is 0. The van der Waals surface area contributed by atoms with E-state index in [1.165, 1.54) is 20.3 Å². The minimum absolute atomic E-state index is 0.0504. The zero-order valence-electron chi connectivity index (χ0n) is 8.92. The van der Waals surface area contributed by atoms with Gasteiger partial charge in [0.1, 0.15) is 0 Å². The maximum atomic E-state index is 11.8. The quantitative estimate of drug-likeness (QED) is 0.653. The Morgan fingerprint density at radius 3 is 1.93 bits per heavy atom. The van der Waals surface area contributed by atoms with E-state index in [1.54, 1.807) is 6.92 Å². The van der Waals surface area contributed by atoms with Crippen molar-refractivity contribution < 1.29 is 19.1 Å². The van der Waals surface area contributed by atoms with Gasteiger partial charge in [0.15, 0.2) is 0 Å². The van der Waals surface area contributed by atoms with Crippen molar-refractivity contribution in [1.29, 1.82) is 0 Å². The summed E-state index contributed by atoms with van der Waals surface area (Å²) in [5.74, 6) is -0.834. The number of allylic oxidation sites excluding steroid dienone is 3. The standard InChI is InChI=1S/C11H12O4/c1-5-7-6(2)8(12)10(14-3)11(15-4)9(7)13/h5H,1H2,2-4H3. The lowest BCUT2D eigenvalue weighted by atomic mass is 9.93. The lowest BCUT2D eigenvalue weighted by Crippen LogP contribution is -2.24. The molecule has 0 aromatic carbocycles. The Hall–Kier alpha value is -1.84. The van der Waals surface area contributed by atoms with Crippen LogP contribution in [0, 0.1) is 0 Å².